The van der Waals surface area contributed by atoms with Crippen LogP contribution in [-0.2, 0) is 16.0 Å². The maximum absolute atomic E-state index is 12.5. The average molecular weight is 362 g/mol. The largest absolute Gasteiger partial charge is 0.464 e. The first kappa shape index (κ1) is 15.8. The minimum Gasteiger partial charge on any atom is -0.464 e. The summed E-state index contributed by atoms with van der Waals surface area (Å²) in [7, 11) is 0. The smallest absolute Gasteiger partial charge is 0.328 e. The van der Waals surface area contributed by atoms with Crippen LogP contribution in [0.5, 0.6) is 0 Å². The average Bonchev–Trinajstić information content (AvgIpc) is 2.93. The van der Waals surface area contributed by atoms with Gasteiger partial charge in [0.1, 0.15) is 6.04 Å². The summed E-state index contributed by atoms with van der Waals surface area (Å²) in [5.41, 5.74) is 4.35. The quantitative estimate of drug-likeness (QED) is 0.790. The summed E-state index contributed by atoms with van der Waals surface area (Å²) in [4.78, 5) is 12.5. The lowest BCUT2D eigenvalue weighted by Gasteiger charge is -2.36. The SMILES string of the molecule is CCOC(=O)C1Nc2cc(Cl)cc(Cl)c2C2c3ccccc3CC12. The molecule has 124 valence electrons. The lowest BCUT2D eigenvalue weighted by atomic mass is 9.77. The topological polar surface area (TPSA) is 38.3 Å². The Morgan fingerprint density at radius 1 is 1.29 bits per heavy atom. The van der Waals surface area contributed by atoms with Crippen molar-refractivity contribution >= 4 is 34.9 Å². The minimum absolute atomic E-state index is 0.0802. The van der Waals surface area contributed by atoms with Crippen LogP contribution in [0.4, 0.5) is 5.69 Å². The Kier molecular flexibility index (Phi) is 3.93. The molecule has 2 aromatic carbocycles. The van der Waals surface area contributed by atoms with Crippen LogP contribution in [0, 0.1) is 5.92 Å². The van der Waals surface area contributed by atoms with Crippen molar-refractivity contribution in [2.24, 2.45) is 5.92 Å². The maximum atomic E-state index is 12.5. The molecule has 1 aliphatic heterocycles. The molecule has 0 amide bonds. The number of fused-ring (bicyclic) bond motifs is 5. The second kappa shape index (κ2) is 5.98. The van der Waals surface area contributed by atoms with Gasteiger partial charge in [0, 0.05) is 33.1 Å². The van der Waals surface area contributed by atoms with E-state index in [1.165, 1.54) is 11.1 Å². The molecule has 0 radical (unpaired) electrons. The molecule has 0 saturated heterocycles. The highest BCUT2D eigenvalue weighted by molar-refractivity contribution is 6.35. The van der Waals surface area contributed by atoms with Gasteiger partial charge in [0.25, 0.3) is 0 Å². The van der Waals surface area contributed by atoms with Crippen LogP contribution in [0.1, 0.15) is 29.5 Å². The highest BCUT2D eigenvalue weighted by Gasteiger charge is 2.46. The van der Waals surface area contributed by atoms with E-state index in [4.69, 9.17) is 27.9 Å². The van der Waals surface area contributed by atoms with Crippen LogP contribution >= 0.6 is 23.2 Å². The molecular weight excluding hydrogens is 345 g/mol. The fourth-order valence-electron chi connectivity index (χ4n) is 4.07. The molecule has 3 nitrogen and oxygen atoms in total. The van der Waals surface area contributed by atoms with Gasteiger partial charge >= 0.3 is 5.97 Å². The first-order valence-corrected chi connectivity index (χ1v) is 8.85. The number of nitrogens with one attached hydrogen (secondary N) is 1. The summed E-state index contributed by atoms with van der Waals surface area (Å²) >= 11 is 12.7. The van der Waals surface area contributed by atoms with Crippen LogP contribution in [0.15, 0.2) is 36.4 Å². The molecule has 1 aliphatic carbocycles. The van der Waals surface area contributed by atoms with E-state index in [9.17, 15) is 4.79 Å². The van der Waals surface area contributed by atoms with Crippen LogP contribution in [0.3, 0.4) is 0 Å². The van der Waals surface area contributed by atoms with E-state index in [-0.39, 0.29) is 17.8 Å². The second-order valence-electron chi connectivity index (χ2n) is 6.27. The third kappa shape index (κ3) is 2.38. The van der Waals surface area contributed by atoms with Crippen LogP contribution in [-0.4, -0.2) is 18.6 Å². The van der Waals surface area contributed by atoms with Gasteiger partial charge in [-0.05, 0) is 36.6 Å². The Balaban J connectivity index is 1.88. The van der Waals surface area contributed by atoms with E-state index in [1.54, 1.807) is 6.07 Å². The monoisotopic (exact) mass is 361 g/mol. The number of benzene rings is 2. The van der Waals surface area contributed by atoms with Gasteiger partial charge in [0.05, 0.1) is 6.61 Å². The van der Waals surface area contributed by atoms with Crippen LogP contribution in [0.25, 0.3) is 0 Å². The highest BCUT2D eigenvalue weighted by Crippen LogP contribution is 2.52. The van der Waals surface area contributed by atoms with Crippen molar-refractivity contribution in [2.75, 3.05) is 11.9 Å². The molecule has 0 fully saturated rings. The Bertz CT molecular complexity index is 821. The maximum Gasteiger partial charge on any atom is 0.328 e. The predicted octanol–water partition coefficient (Wildman–Crippen LogP) is 4.65. The zero-order valence-electron chi connectivity index (χ0n) is 13.2. The lowest BCUT2D eigenvalue weighted by Crippen LogP contribution is -2.43. The highest BCUT2D eigenvalue weighted by atomic mass is 35.5. The summed E-state index contributed by atoms with van der Waals surface area (Å²) in [6, 6.07) is 11.5. The molecule has 1 heterocycles. The third-order valence-corrected chi connectivity index (χ3v) is 5.49. The van der Waals surface area contributed by atoms with Crippen molar-refractivity contribution in [3.8, 4) is 0 Å². The van der Waals surface area contributed by atoms with E-state index in [2.05, 4.69) is 17.4 Å². The molecule has 2 aromatic rings. The molecule has 4 rings (SSSR count). The number of anilines is 1. The molecular formula is C19H17Cl2NO2. The molecule has 3 unspecified atom stereocenters. The summed E-state index contributed by atoms with van der Waals surface area (Å²) in [6.45, 7) is 2.19. The number of ether oxygens (including phenoxy) is 1. The van der Waals surface area contributed by atoms with Crippen molar-refractivity contribution in [2.45, 2.75) is 25.3 Å². The van der Waals surface area contributed by atoms with Gasteiger partial charge in [-0.3, -0.25) is 0 Å². The van der Waals surface area contributed by atoms with Gasteiger partial charge in [0.15, 0.2) is 0 Å². The molecule has 0 aromatic heterocycles. The van der Waals surface area contributed by atoms with Crippen molar-refractivity contribution < 1.29 is 9.53 Å². The van der Waals surface area contributed by atoms with Crippen LogP contribution < -0.4 is 5.32 Å². The molecule has 0 bridgehead atoms. The zero-order valence-corrected chi connectivity index (χ0v) is 14.7. The summed E-state index contributed by atoms with van der Waals surface area (Å²) < 4.78 is 5.30. The van der Waals surface area contributed by atoms with Gasteiger partial charge in [-0.25, -0.2) is 4.79 Å². The summed E-state index contributed by atoms with van der Waals surface area (Å²) in [5.74, 6) is -0.0497. The predicted molar refractivity (Wildman–Crippen MR) is 96.0 cm³/mol. The summed E-state index contributed by atoms with van der Waals surface area (Å²) in [5, 5.41) is 4.52. The molecule has 1 N–H and O–H groups in total. The van der Waals surface area contributed by atoms with E-state index < -0.39 is 6.04 Å². The van der Waals surface area contributed by atoms with Gasteiger partial charge in [-0.15, -0.1) is 0 Å². The number of carbonyl (C=O) groups excluding carboxylic acids is 1. The molecule has 0 spiro atoms. The first-order valence-electron chi connectivity index (χ1n) is 8.10. The zero-order chi connectivity index (χ0) is 16.8. The fourth-order valence-corrected chi connectivity index (χ4v) is 4.68. The number of carbonyl (C=O) groups is 1. The van der Waals surface area contributed by atoms with Gasteiger partial charge in [0.2, 0.25) is 0 Å². The molecule has 5 heteroatoms. The number of rotatable bonds is 2. The van der Waals surface area contributed by atoms with Crippen molar-refractivity contribution in [1.29, 1.82) is 0 Å². The van der Waals surface area contributed by atoms with E-state index in [1.807, 2.05) is 25.1 Å². The normalized spacial score (nSPS) is 23.7. The van der Waals surface area contributed by atoms with E-state index in [0.717, 1.165) is 17.7 Å². The molecule has 3 atom stereocenters. The van der Waals surface area contributed by atoms with E-state index >= 15 is 0 Å². The second-order valence-corrected chi connectivity index (χ2v) is 7.11. The molecule has 2 aliphatic rings. The number of esters is 1. The fraction of sp³-hybridized carbons (Fsp3) is 0.316. The number of halogens is 2. The Morgan fingerprint density at radius 3 is 2.88 bits per heavy atom. The van der Waals surface area contributed by atoms with E-state index in [0.29, 0.717) is 16.7 Å². The Hall–Kier alpha value is -1.71. The Labute approximate surface area is 150 Å². The minimum atomic E-state index is -0.399. The summed E-state index contributed by atoms with van der Waals surface area (Å²) in [6.07, 6.45) is 0.829. The molecule has 24 heavy (non-hydrogen) atoms. The van der Waals surface area contributed by atoms with Gasteiger partial charge in [-0.1, -0.05) is 47.5 Å². The molecule has 0 saturated carbocycles. The first-order chi connectivity index (χ1) is 11.6. The van der Waals surface area contributed by atoms with Crippen molar-refractivity contribution in [3.63, 3.8) is 0 Å². The van der Waals surface area contributed by atoms with Gasteiger partial charge < -0.3 is 10.1 Å². The lowest BCUT2D eigenvalue weighted by molar-refractivity contribution is -0.145. The van der Waals surface area contributed by atoms with Gasteiger partial charge in [-0.2, -0.15) is 0 Å². The van der Waals surface area contributed by atoms with Crippen LogP contribution in [0.2, 0.25) is 10.0 Å². The number of hydrogen-bond donors (Lipinski definition) is 1. The Morgan fingerprint density at radius 2 is 2.08 bits per heavy atom. The standard InChI is InChI=1S/C19H17Cl2NO2/c1-2-24-19(23)18-13-7-10-5-3-4-6-12(10)16(13)17-14(21)8-11(20)9-15(17)22-18/h3-6,8-9,13,16,18,22H,2,7H2,1H3. The van der Waals surface area contributed by atoms with Crippen molar-refractivity contribution in [1.82, 2.24) is 0 Å². The third-order valence-electron chi connectivity index (χ3n) is 4.96. The number of hydrogen-bond acceptors (Lipinski definition) is 3. The van der Waals surface area contributed by atoms with Crippen molar-refractivity contribution in [3.05, 3.63) is 63.1 Å².